The maximum atomic E-state index is 12.6. The zero-order valence-electron chi connectivity index (χ0n) is 12.6. The highest BCUT2D eigenvalue weighted by atomic mass is 32.2. The molecule has 0 amide bonds. The first-order valence-electron chi connectivity index (χ1n) is 6.39. The number of hydrogen-bond donors (Lipinski definition) is 1. The van der Waals surface area contributed by atoms with Gasteiger partial charge in [-0.05, 0) is 57.4 Å². The number of hydrogen-bond acceptors (Lipinski definition) is 3. The van der Waals surface area contributed by atoms with Crippen molar-refractivity contribution in [3.05, 3.63) is 23.3 Å². The van der Waals surface area contributed by atoms with Crippen molar-refractivity contribution in [2.45, 2.75) is 51.5 Å². The molecule has 0 heterocycles. The number of nitrogens with zero attached hydrogens (tertiary/aromatic N) is 1. The van der Waals surface area contributed by atoms with Gasteiger partial charge < -0.3 is 5.73 Å². The largest absolute Gasteiger partial charge is 0.398 e. The monoisotopic (exact) mass is 284 g/mol. The molecule has 0 aliphatic carbocycles. The quantitative estimate of drug-likeness (QED) is 0.865. The fourth-order valence-corrected chi connectivity index (χ4v) is 3.41. The lowest BCUT2D eigenvalue weighted by Gasteiger charge is -2.33. The van der Waals surface area contributed by atoms with Crippen molar-refractivity contribution < 1.29 is 8.42 Å². The lowest BCUT2D eigenvalue weighted by Crippen LogP contribution is -2.44. The van der Waals surface area contributed by atoms with Gasteiger partial charge in [0.2, 0.25) is 10.0 Å². The van der Waals surface area contributed by atoms with Gasteiger partial charge in [-0.25, -0.2) is 8.42 Å². The van der Waals surface area contributed by atoms with Gasteiger partial charge in [0.15, 0.2) is 0 Å². The molecular weight excluding hydrogens is 260 g/mol. The second-order valence-corrected chi connectivity index (χ2v) is 7.56. The number of rotatable bonds is 4. The highest BCUT2D eigenvalue weighted by molar-refractivity contribution is 7.89. The van der Waals surface area contributed by atoms with E-state index >= 15 is 0 Å². The summed E-state index contributed by atoms with van der Waals surface area (Å²) in [5, 5.41) is 0. The van der Waals surface area contributed by atoms with E-state index in [9.17, 15) is 8.42 Å². The zero-order chi connectivity index (χ0) is 15.0. The van der Waals surface area contributed by atoms with E-state index in [0.717, 1.165) is 17.5 Å². The molecule has 0 aromatic heterocycles. The highest BCUT2D eigenvalue weighted by Gasteiger charge is 2.32. The Bertz CT molecular complexity index is 554. The standard InChI is InChI=1S/C14H24N2O2S/c1-7-14(4,5)16(6)19(17,18)12-8-10(2)11(3)13(15)9-12/h8-9H,7,15H2,1-6H3. The number of benzene rings is 1. The summed E-state index contributed by atoms with van der Waals surface area (Å²) >= 11 is 0. The Kier molecular flexibility index (Phi) is 4.32. The molecule has 19 heavy (non-hydrogen) atoms. The minimum atomic E-state index is -3.52. The van der Waals surface area contributed by atoms with Crippen molar-refractivity contribution in [2.24, 2.45) is 0 Å². The third kappa shape index (κ3) is 2.92. The van der Waals surface area contributed by atoms with Crippen LogP contribution in [0.25, 0.3) is 0 Å². The summed E-state index contributed by atoms with van der Waals surface area (Å²) in [5.74, 6) is 0. The summed E-state index contributed by atoms with van der Waals surface area (Å²) in [6.07, 6.45) is 0.739. The summed E-state index contributed by atoms with van der Waals surface area (Å²) in [6, 6.07) is 3.23. The van der Waals surface area contributed by atoms with Crippen LogP contribution in [-0.2, 0) is 10.0 Å². The van der Waals surface area contributed by atoms with Gasteiger partial charge in [-0.3, -0.25) is 0 Å². The maximum Gasteiger partial charge on any atom is 0.243 e. The van der Waals surface area contributed by atoms with Crippen molar-refractivity contribution >= 4 is 15.7 Å². The maximum absolute atomic E-state index is 12.6. The Labute approximate surface area is 116 Å². The Morgan fingerprint density at radius 1 is 1.26 bits per heavy atom. The molecule has 4 nitrogen and oxygen atoms in total. The summed E-state index contributed by atoms with van der Waals surface area (Å²) in [5.41, 5.74) is 7.79. The summed E-state index contributed by atoms with van der Waals surface area (Å²) in [7, 11) is -1.90. The van der Waals surface area contributed by atoms with E-state index in [-0.39, 0.29) is 4.90 Å². The Morgan fingerprint density at radius 2 is 1.79 bits per heavy atom. The van der Waals surface area contributed by atoms with Crippen LogP contribution in [0.1, 0.15) is 38.3 Å². The molecule has 1 rings (SSSR count). The topological polar surface area (TPSA) is 63.4 Å². The van der Waals surface area contributed by atoms with Crippen molar-refractivity contribution in [3.8, 4) is 0 Å². The smallest absolute Gasteiger partial charge is 0.243 e. The van der Waals surface area contributed by atoms with Gasteiger partial charge in [-0.2, -0.15) is 4.31 Å². The second-order valence-electron chi connectivity index (χ2n) is 5.59. The molecule has 0 atom stereocenters. The normalized spacial score (nSPS) is 13.0. The van der Waals surface area contributed by atoms with E-state index in [4.69, 9.17) is 5.73 Å². The first-order chi connectivity index (χ1) is 8.54. The van der Waals surface area contributed by atoms with Crippen LogP contribution in [0.3, 0.4) is 0 Å². The van der Waals surface area contributed by atoms with Crippen LogP contribution in [0.4, 0.5) is 5.69 Å². The van der Waals surface area contributed by atoms with Crippen LogP contribution in [0.2, 0.25) is 0 Å². The average Bonchev–Trinajstić information content (AvgIpc) is 2.34. The number of anilines is 1. The lowest BCUT2D eigenvalue weighted by atomic mass is 10.0. The number of aryl methyl sites for hydroxylation is 1. The summed E-state index contributed by atoms with van der Waals surface area (Å²) in [4.78, 5) is 0.261. The molecule has 5 heteroatoms. The molecule has 0 saturated heterocycles. The van der Waals surface area contributed by atoms with Gasteiger partial charge in [0, 0.05) is 18.3 Å². The van der Waals surface area contributed by atoms with Crippen LogP contribution in [0, 0.1) is 13.8 Å². The van der Waals surface area contributed by atoms with Crippen molar-refractivity contribution in [2.75, 3.05) is 12.8 Å². The molecule has 108 valence electrons. The third-order valence-corrected chi connectivity index (χ3v) is 6.10. The highest BCUT2D eigenvalue weighted by Crippen LogP contribution is 2.28. The number of nitrogen functional groups attached to an aromatic ring is 1. The average molecular weight is 284 g/mol. The molecule has 0 unspecified atom stereocenters. The predicted octanol–water partition coefficient (Wildman–Crippen LogP) is 2.69. The SMILES string of the molecule is CCC(C)(C)N(C)S(=O)(=O)c1cc(C)c(C)c(N)c1. The lowest BCUT2D eigenvalue weighted by molar-refractivity contribution is 0.257. The number of nitrogens with two attached hydrogens (primary N) is 1. The van der Waals surface area contributed by atoms with Gasteiger partial charge >= 0.3 is 0 Å². The van der Waals surface area contributed by atoms with E-state index in [1.807, 2.05) is 34.6 Å². The molecule has 0 fully saturated rings. The Hall–Kier alpha value is -1.07. The van der Waals surface area contributed by atoms with Crippen molar-refractivity contribution in [1.82, 2.24) is 4.31 Å². The van der Waals surface area contributed by atoms with Crippen LogP contribution < -0.4 is 5.73 Å². The van der Waals surface area contributed by atoms with Gasteiger partial charge in [-0.1, -0.05) is 6.92 Å². The molecule has 0 spiro atoms. The molecule has 0 aliphatic heterocycles. The molecular formula is C14H24N2O2S. The van der Waals surface area contributed by atoms with Crippen molar-refractivity contribution in [1.29, 1.82) is 0 Å². The summed E-state index contributed by atoms with van der Waals surface area (Å²) in [6.45, 7) is 9.56. The van der Waals surface area contributed by atoms with E-state index < -0.39 is 15.6 Å². The van der Waals surface area contributed by atoms with Crippen LogP contribution in [0.15, 0.2) is 17.0 Å². The number of sulfonamides is 1. The molecule has 0 radical (unpaired) electrons. The molecule has 1 aromatic carbocycles. The molecule has 0 saturated carbocycles. The third-order valence-electron chi connectivity index (χ3n) is 4.06. The Morgan fingerprint density at radius 3 is 2.21 bits per heavy atom. The first kappa shape index (κ1) is 16.0. The minimum absolute atomic E-state index is 0.261. The second kappa shape index (κ2) is 5.13. The van der Waals surface area contributed by atoms with Gasteiger partial charge in [0.1, 0.15) is 0 Å². The van der Waals surface area contributed by atoms with E-state index in [0.29, 0.717) is 5.69 Å². The van der Waals surface area contributed by atoms with Gasteiger partial charge in [0.25, 0.3) is 0 Å². The Balaban J connectivity index is 3.37. The van der Waals surface area contributed by atoms with E-state index in [2.05, 4.69) is 0 Å². The molecule has 1 aromatic rings. The van der Waals surface area contributed by atoms with E-state index in [1.54, 1.807) is 19.2 Å². The van der Waals surface area contributed by atoms with E-state index in [1.165, 1.54) is 4.31 Å². The van der Waals surface area contributed by atoms with Crippen LogP contribution >= 0.6 is 0 Å². The van der Waals surface area contributed by atoms with Crippen LogP contribution in [-0.4, -0.2) is 25.3 Å². The molecule has 2 N–H and O–H groups in total. The fraction of sp³-hybridized carbons (Fsp3) is 0.571. The predicted molar refractivity (Wildman–Crippen MR) is 79.6 cm³/mol. The zero-order valence-corrected chi connectivity index (χ0v) is 13.4. The van der Waals surface area contributed by atoms with Gasteiger partial charge in [0.05, 0.1) is 4.90 Å². The molecule has 0 aliphatic rings. The molecule has 0 bridgehead atoms. The van der Waals surface area contributed by atoms with Gasteiger partial charge in [-0.15, -0.1) is 0 Å². The first-order valence-corrected chi connectivity index (χ1v) is 7.83. The summed E-state index contributed by atoms with van der Waals surface area (Å²) < 4.78 is 26.7. The minimum Gasteiger partial charge on any atom is -0.398 e. The van der Waals surface area contributed by atoms with Crippen LogP contribution in [0.5, 0.6) is 0 Å². The van der Waals surface area contributed by atoms with Crippen molar-refractivity contribution in [3.63, 3.8) is 0 Å². The fourth-order valence-electron chi connectivity index (χ4n) is 1.71.